The molecular formula is C19H30O6. The number of rotatable bonds is 14. The van der Waals surface area contributed by atoms with Crippen molar-refractivity contribution in [3.05, 3.63) is 29.8 Å². The van der Waals surface area contributed by atoms with Crippen molar-refractivity contribution in [1.29, 1.82) is 0 Å². The summed E-state index contributed by atoms with van der Waals surface area (Å²) in [6.45, 7) is 6.88. The van der Waals surface area contributed by atoms with E-state index in [-0.39, 0.29) is 6.61 Å². The molecule has 142 valence electrons. The lowest BCUT2D eigenvalue weighted by atomic mass is 10.1. The van der Waals surface area contributed by atoms with E-state index in [2.05, 4.69) is 0 Å². The van der Waals surface area contributed by atoms with Crippen LogP contribution in [-0.4, -0.2) is 56.8 Å². The monoisotopic (exact) mass is 354 g/mol. The van der Waals surface area contributed by atoms with Gasteiger partial charge in [0.2, 0.25) is 0 Å². The first-order chi connectivity index (χ1) is 12.2. The Morgan fingerprint density at radius 3 is 2.36 bits per heavy atom. The molecule has 0 aromatic heterocycles. The molecule has 0 saturated heterocycles. The number of aliphatic hydroxyl groups is 1. The van der Waals surface area contributed by atoms with Gasteiger partial charge in [-0.3, -0.25) is 0 Å². The molecule has 25 heavy (non-hydrogen) atoms. The summed E-state index contributed by atoms with van der Waals surface area (Å²) in [5.41, 5.74) is 1.14. The maximum Gasteiger partial charge on any atom is 0.334 e. The Morgan fingerprint density at radius 1 is 1.00 bits per heavy atom. The van der Waals surface area contributed by atoms with Gasteiger partial charge in [-0.15, -0.1) is 0 Å². The second-order valence-corrected chi connectivity index (χ2v) is 5.46. The first-order valence-electron chi connectivity index (χ1n) is 8.89. The van der Waals surface area contributed by atoms with E-state index in [1.165, 1.54) is 0 Å². The molecule has 6 heteroatoms. The van der Waals surface area contributed by atoms with Gasteiger partial charge >= 0.3 is 5.97 Å². The smallest absolute Gasteiger partial charge is 0.334 e. The third kappa shape index (κ3) is 10.1. The summed E-state index contributed by atoms with van der Waals surface area (Å²) < 4.78 is 20.9. The molecule has 0 aliphatic carbocycles. The highest BCUT2D eigenvalue weighted by Gasteiger charge is 2.15. The summed E-state index contributed by atoms with van der Waals surface area (Å²) in [6, 6.07) is 7.80. The van der Waals surface area contributed by atoms with Crippen molar-refractivity contribution in [2.45, 2.75) is 39.2 Å². The van der Waals surface area contributed by atoms with Crippen LogP contribution in [0.15, 0.2) is 24.3 Å². The molecule has 6 nitrogen and oxygen atoms in total. The first kappa shape index (κ1) is 21.4. The van der Waals surface area contributed by atoms with Crippen LogP contribution in [0.5, 0.6) is 5.75 Å². The zero-order valence-electron chi connectivity index (χ0n) is 15.2. The molecule has 0 spiro atoms. The summed E-state index contributed by atoms with van der Waals surface area (Å²) in [5.74, 6) is 0.249. The minimum absolute atomic E-state index is 0.287. The molecule has 1 N–H and O–H groups in total. The largest absolute Gasteiger partial charge is 0.491 e. The standard InChI is InChI=1S/C19H30O6/c1-3-22-12-13-23-14-15-25-17-10-8-16(9-11-17)6-5-7-18(20)19(21)24-4-2/h8-11,18,20H,3-7,12-15H2,1-2H3/t18-/m1/s1. The maximum atomic E-state index is 11.3. The van der Waals surface area contributed by atoms with E-state index < -0.39 is 12.1 Å². The Balaban J connectivity index is 2.15. The van der Waals surface area contributed by atoms with Crippen LogP contribution in [0, 0.1) is 0 Å². The summed E-state index contributed by atoms with van der Waals surface area (Å²) >= 11 is 0. The van der Waals surface area contributed by atoms with Crippen molar-refractivity contribution in [2.75, 3.05) is 39.6 Å². The molecule has 0 radical (unpaired) electrons. The van der Waals surface area contributed by atoms with Crippen LogP contribution < -0.4 is 4.74 Å². The van der Waals surface area contributed by atoms with Crippen molar-refractivity contribution in [2.24, 2.45) is 0 Å². The molecule has 0 fully saturated rings. The second kappa shape index (κ2) is 13.6. The normalized spacial score (nSPS) is 12.0. The lowest BCUT2D eigenvalue weighted by Gasteiger charge is -2.10. The number of aliphatic hydroxyl groups excluding tert-OH is 1. The van der Waals surface area contributed by atoms with Crippen LogP contribution in [0.2, 0.25) is 0 Å². The van der Waals surface area contributed by atoms with Gasteiger partial charge in [0.05, 0.1) is 26.4 Å². The fourth-order valence-corrected chi connectivity index (χ4v) is 2.19. The molecule has 0 saturated carbocycles. The van der Waals surface area contributed by atoms with Crippen LogP contribution in [0.4, 0.5) is 0 Å². The number of hydrogen-bond acceptors (Lipinski definition) is 6. The molecule has 0 bridgehead atoms. The van der Waals surface area contributed by atoms with E-state index in [0.29, 0.717) is 45.9 Å². The molecular weight excluding hydrogens is 324 g/mol. The zero-order chi connectivity index (χ0) is 18.3. The van der Waals surface area contributed by atoms with Gasteiger partial charge < -0.3 is 24.1 Å². The predicted octanol–water partition coefficient (Wildman–Crippen LogP) is 2.37. The third-order valence-electron chi connectivity index (χ3n) is 3.50. The highest BCUT2D eigenvalue weighted by molar-refractivity contribution is 5.74. The maximum absolute atomic E-state index is 11.3. The fraction of sp³-hybridized carbons (Fsp3) is 0.632. The number of carbonyl (C=O) groups is 1. The molecule has 1 aromatic rings. The second-order valence-electron chi connectivity index (χ2n) is 5.46. The number of hydrogen-bond donors (Lipinski definition) is 1. The van der Waals surface area contributed by atoms with Gasteiger partial charge in [0.25, 0.3) is 0 Å². The van der Waals surface area contributed by atoms with Crippen molar-refractivity contribution in [3.63, 3.8) is 0 Å². The van der Waals surface area contributed by atoms with Crippen LogP contribution in [0.25, 0.3) is 0 Å². The van der Waals surface area contributed by atoms with Crippen LogP contribution in [0.1, 0.15) is 32.3 Å². The highest BCUT2D eigenvalue weighted by Crippen LogP contribution is 2.14. The zero-order valence-corrected chi connectivity index (χ0v) is 15.2. The summed E-state index contributed by atoms with van der Waals surface area (Å²) in [6.07, 6.45) is 0.867. The molecule has 0 heterocycles. The van der Waals surface area contributed by atoms with Crippen LogP contribution in [-0.2, 0) is 25.4 Å². The van der Waals surface area contributed by atoms with E-state index >= 15 is 0 Å². The Morgan fingerprint density at radius 2 is 1.68 bits per heavy atom. The Hall–Kier alpha value is -1.63. The molecule has 0 aliphatic heterocycles. The van der Waals surface area contributed by atoms with Crippen molar-refractivity contribution < 1.29 is 28.8 Å². The molecule has 1 aromatic carbocycles. The summed E-state index contributed by atoms with van der Waals surface area (Å²) in [5, 5.41) is 9.65. The van der Waals surface area contributed by atoms with E-state index in [9.17, 15) is 9.90 Å². The third-order valence-corrected chi connectivity index (χ3v) is 3.50. The van der Waals surface area contributed by atoms with Gasteiger partial charge in [-0.2, -0.15) is 0 Å². The lowest BCUT2D eigenvalue weighted by molar-refractivity contribution is -0.153. The van der Waals surface area contributed by atoms with Gasteiger partial charge in [-0.1, -0.05) is 12.1 Å². The Kier molecular flexibility index (Phi) is 11.7. The number of benzene rings is 1. The average molecular weight is 354 g/mol. The van der Waals surface area contributed by atoms with E-state index in [4.69, 9.17) is 18.9 Å². The number of carbonyl (C=O) groups excluding carboxylic acids is 1. The van der Waals surface area contributed by atoms with Gasteiger partial charge in [0.15, 0.2) is 6.10 Å². The van der Waals surface area contributed by atoms with Gasteiger partial charge in [0.1, 0.15) is 12.4 Å². The first-order valence-corrected chi connectivity index (χ1v) is 8.89. The van der Waals surface area contributed by atoms with Crippen molar-refractivity contribution in [3.8, 4) is 5.75 Å². The molecule has 0 aliphatic rings. The summed E-state index contributed by atoms with van der Waals surface area (Å²) in [7, 11) is 0. The quantitative estimate of drug-likeness (QED) is 0.408. The summed E-state index contributed by atoms with van der Waals surface area (Å²) in [4.78, 5) is 11.3. The number of ether oxygens (including phenoxy) is 4. The van der Waals surface area contributed by atoms with Gasteiger partial charge in [-0.25, -0.2) is 4.79 Å². The van der Waals surface area contributed by atoms with E-state index in [1.807, 2.05) is 31.2 Å². The minimum atomic E-state index is -1.04. The molecule has 0 amide bonds. The van der Waals surface area contributed by atoms with Crippen LogP contribution >= 0.6 is 0 Å². The van der Waals surface area contributed by atoms with Crippen molar-refractivity contribution >= 4 is 5.97 Å². The van der Waals surface area contributed by atoms with Gasteiger partial charge in [-0.05, 0) is 50.8 Å². The highest BCUT2D eigenvalue weighted by atomic mass is 16.5. The minimum Gasteiger partial charge on any atom is -0.491 e. The van der Waals surface area contributed by atoms with Gasteiger partial charge in [0, 0.05) is 6.61 Å². The average Bonchev–Trinajstić information content (AvgIpc) is 2.62. The van der Waals surface area contributed by atoms with Crippen molar-refractivity contribution in [1.82, 2.24) is 0 Å². The Bertz CT molecular complexity index is 459. The lowest BCUT2D eigenvalue weighted by Crippen LogP contribution is -2.23. The predicted molar refractivity (Wildman–Crippen MR) is 94.8 cm³/mol. The van der Waals surface area contributed by atoms with E-state index in [0.717, 1.165) is 17.7 Å². The Labute approximate surface area is 150 Å². The molecule has 1 atom stereocenters. The number of aryl methyl sites for hydroxylation is 1. The fourth-order valence-electron chi connectivity index (χ4n) is 2.19. The molecule has 1 rings (SSSR count). The van der Waals surface area contributed by atoms with E-state index in [1.54, 1.807) is 6.92 Å². The SMILES string of the molecule is CCOCCOCCOc1ccc(CCC[C@@H](O)C(=O)OCC)cc1. The molecule has 0 unspecified atom stereocenters. The number of esters is 1. The topological polar surface area (TPSA) is 74.2 Å². The van der Waals surface area contributed by atoms with Crippen LogP contribution in [0.3, 0.4) is 0 Å².